The Morgan fingerprint density at radius 2 is 2.25 bits per heavy atom. The Bertz CT molecular complexity index is 1190. The van der Waals surface area contributed by atoms with Gasteiger partial charge in [0.2, 0.25) is 0 Å². The van der Waals surface area contributed by atoms with Gasteiger partial charge in [0.15, 0.2) is 0 Å². The number of aromatic nitrogens is 7. The Morgan fingerprint density at radius 3 is 3.04 bits per heavy atom. The Morgan fingerprint density at radius 1 is 1.32 bits per heavy atom. The maximum Gasteiger partial charge on any atom is 0.138 e. The molecule has 1 saturated heterocycles. The van der Waals surface area contributed by atoms with Crippen LogP contribution in [0.4, 0.5) is 0 Å². The first-order chi connectivity index (χ1) is 13.7. The lowest BCUT2D eigenvalue weighted by atomic mass is 10.0. The molecule has 0 aliphatic carbocycles. The van der Waals surface area contributed by atoms with E-state index in [1.165, 1.54) is 0 Å². The molecule has 1 fully saturated rings. The SMILES string of the molecule is C[C@@H]1C[C@H](n2c(Cn3cnnn3)nc3cnc4ccc(C#N)cc4c32)CCO1. The minimum absolute atomic E-state index is 0.180. The highest BCUT2D eigenvalue weighted by molar-refractivity contribution is 6.02. The van der Waals surface area contributed by atoms with Gasteiger partial charge >= 0.3 is 0 Å². The molecule has 2 atom stereocenters. The van der Waals surface area contributed by atoms with Gasteiger partial charge in [-0.05, 0) is 48.4 Å². The molecule has 0 N–H and O–H groups in total. The fraction of sp³-hybridized carbons (Fsp3) is 0.368. The summed E-state index contributed by atoms with van der Waals surface area (Å²) in [5.41, 5.74) is 3.27. The number of fused-ring (bicyclic) bond motifs is 3. The monoisotopic (exact) mass is 374 g/mol. The summed E-state index contributed by atoms with van der Waals surface area (Å²) in [5, 5.41) is 21.7. The van der Waals surface area contributed by atoms with Crippen molar-refractivity contribution in [2.24, 2.45) is 0 Å². The highest BCUT2D eigenvalue weighted by atomic mass is 16.5. The van der Waals surface area contributed by atoms with Crippen LogP contribution < -0.4 is 0 Å². The van der Waals surface area contributed by atoms with E-state index in [1.807, 2.05) is 12.1 Å². The van der Waals surface area contributed by atoms with Crippen LogP contribution in [0.15, 0.2) is 30.7 Å². The molecular weight excluding hydrogens is 356 g/mol. The van der Waals surface area contributed by atoms with E-state index in [4.69, 9.17) is 9.72 Å². The van der Waals surface area contributed by atoms with Crippen LogP contribution >= 0.6 is 0 Å². The van der Waals surface area contributed by atoms with Crippen LogP contribution in [0.25, 0.3) is 21.9 Å². The molecule has 1 aliphatic heterocycles. The molecule has 9 nitrogen and oxygen atoms in total. The highest BCUT2D eigenvalue weighted by Crippen LogP contribution is 2.34. The second-order valence-electron chi connectivity index (χ2n) is 7.10. The van der Waals surface area contributed by atoms with Crippen molar-refractivity contribution in [3.05, 3.63) is 42.1 Å². The molecule has 140 valence electrons. The van der Waals surface area contributed by atoms with E-state index >= 15 is 0 Å². The predicted molar refractivity (Wildman–Crippen MR) is 100 cm³/mol. The van der Waals surface area contributed by atoms with Crippen molar-refractivity contribution in [1.29, 1.82) is 5.26 Å². The van der Waals surface area contributed by atoms with E-state index < -0.39 is 0 Å². The lowest BCUT2D eigenvalue weighted by Crippen LogP contribution is -2.27. The zero-order chi connectivity index (χ0) is 19.1. The molecule has 0 saturated carbocycles. The topological polar surface area (TPSA) is 107 Å². The number of tetrazole rings is 1. The molecular formula is C19H18N8O. The van der Waals surface area contributed by atoms with Crippen molar-refractivity contribution < 1.29 is 4.74 Å². The van der Waals surface area contributed by atoms with E-state index in [0.717, 1.165) is 40.6 Å². The van der Waals surface area contributed by atoms with E-state index in [9.17, 15) is 5.26 Å². The Kier molecular flexibility index (Phi) is 3.98. The van der Waals surface area contributed by atoms with Gasteiger partial charge in [-0.2, -0.15) is 5.26 Å². The Labute approximate surface area is 160 Å². The van der Waals surface area contributed by atoms with E-state index in [1.54, 1.807) is 23.3 Å². The number of nitriles is 1. The summed E-state index contributed by atoms with van der Waals surface area (Å²) in [6.45, 7) is 3.27. The molecule has 0 spiro atoms. The summed E-state index contributed by atoms with van der Waals surface area (Å²) in [6.07, 6.45) is 5.36. The van der Waals surface area contributed by atoms with Crippen molar-refractivity contribution in [3.8, 4) is 6.07 Å². The van der Waals surface area contributed by atoms with E-state index in [-0.39, 0.29) is 12.1 Å². The number of ether oxygens (including phenoxy) is 1. The summed E-state index contributed by atoms with van der Waals surface area (Å²) < 4.78 is 9.70. The Hall–Kier alpha value is -3.38. The number of hydrogen-bond donors (Lipinski definition) is 0. The van der Waals surface area contributed by atoms with Crippen LogP contribution in [0.1, 0.15) is 37.2 Å². The second-order valence-corrected chi connectivity index (χ2v) is 7.10. The number of imidazole rings is 1. The van der Waals surface area contributed by atoms with Crippen molar-refractivity contribution in [2.45, 2.75) is 38.5 Å². The predicted octanol–water partition coefficient (Wildman–Crippen LogP) is 2.23. The zero-order valence-electron chi connectivity index (χ0n) is 15.4. The standard InChI is InChI=1S/C19H18N8O/c1-12-6-14(4-5-28-12)27-18(10-26-11-22-24-25-26)23-17-9-21-16-3-2-13(8-20)7-15(16)19(17)27/h2-3,7,9,11-12,14H,4-6,10H2,1H3/t12-,14-/m1/s1. The van der Waals surface area contributed by atoms with Crippen LogP contribution in [-0.2, 0) is 11.3 Å². The van der Waals surface area contributed by atoms with Gasteiger partial charge in [0, 0.05) is 18.0 Å². The Balaban J connectivity index is 1.77. The summed E-state index contributed by atoms with van der Waals surface area (Å²) in [4.78, 5) is 9.39. The molecule has 1 aliphatic rings. The minimum Gasteiger partial charge on any atom is -0.378 e. The van der Waals surface area contributed by atoms with Crippen LogP contribution in [-0.4, -0.2) is 47.5 Å². The largest absolute Gasteiger partial charge is 0.378 e. The quantitative estimate of drug-likeness (QED) is 0.541. The fourth-order valence-corrected chi connectivity index (χ4v) is 4.01. The van der Waals surface area contributed by atoms with Crippen LogP contribution in [0.2, 0.25) is 0 Å². The van der Waals surface area contributed by atoms with Gasteiger partial charge in [-0.1, -0.05) is 0 Å². The lowest BCUT2D eigenvalue weighted by Gasteiger charge is -2.30. The van der Waals surface area contributed by atoms with Gasteiger partial charge in [-0.3, -0.25) is 4.98 Å². The minimum atomic E-state index is 0.180. The highest BCUT2D eigenvalue weighted by Gasteiger charge is 2.26. The maximum absolute atomic E-state index is 9.36. The number of rotatable bonds is 3. The maximum atomic E-state index is 9.36. The van der Waals surface area contributed by atoms with E-state index in [2.05, 4.69) is 38.1 Å². The molecule has 0 radical (unpaired) electrons. The van der Waals surface area contributed by atoms with Crippen molar-refractivity contribution in [3.63, 3.8) is 0 Å². The lowest BCUT2D eigenvalue weighted by molar-refractivity contribution is 0.00619. The van der Waals surface area contributed by atoms with Crippen molar-refractivity contribution >= 4 is 21.9 Å². The summed E-state index contributed by atoms with van der Waals surface area (Å²) in [6, 6.07) is 8.05. The average Bonchev–Trinajstić information content (AvgIpc) is 3.35. The zero-order valence-corrected chi connectivity index (χ0v) is 15.4. The van der Waals surface area contributed by atoms with Gasteiger partial charge in [-0.25, -0.2) is 9.67 Å². The van der Waals surface area contributed by atoms with Crippen molar-refractivity contribution in [2.75, 3.05) is 6.61 Å². The third-order valence-electron chi connectivity index (χ3n) is 5.24. The smallest absolute Gasteiger partial charge is 0.138 e. The summed E-state index contributed by atoms with van der Waals surface area (Å²) in [5.74, 6) is 0.873. The second kappa shape index (κ2) is 6.65. The normalized spacial score (nSPS) is 19.9. The molecule has 28 heavy (non-hydrogen) atoms. The first-order valence-electron chi connectivity index (χ1n) is 9.25. The molecule has 4 heterocycles. The third kappa shape index (κ3) is 2.78. The van der Waals surface area contributed by atoms with Crippen LogP contribution in [0, 0.1) is 11.3 Å². The molecule has 5 rings (SSSR count). The number of hydrogen-bond acceptors (Lipinski definition) is 7. The van der Waals surface area contributed by atoms with Crippen LogP contribution in [0.3, 0.4) is 0 Å². The molecule has 0 amide bonds. The number of benzene rings is 1. The third-order valence-corrected chi connectivity index (χ3v) is 5.24. The van der Waals surface area contributed by atoms with Gasteiger partial charge < -0.3 is 9.30 Å². The summed E-state index contributed by atoms with van der Waals surface area (Å²) >= 11 is 0. The summed E-state index contributed by atoms with van der Waals surface area (Å²) in [7, 11) is 0. The van der Waals surface area contributed by atoms with E-state index in [0.29, 0.717) is 18.7 Å². The first kappa shape index (κ1) is 16.8. The van der Waals surface area contributed by atoms with Gasteiger partial charge in [-0.15, -0.1) is 5.10 Å². The molecule has 0 unspecified atom stereocenters. The fourth-order valence-electron chi connectivity index (χ4n) is 4.01. The molecule has 0 bridgehead atoms. The van der Waals surface area contributed by atoms with Crippen LogP contribution in [0.5, 0.6) is 0 Å². The van der Waals surface area contributed by atoms with Gasteiger partial charge in [0.1, 0.15) is 24.2 Å². The molecule has 3 aromatic heterocycles. The average molecular weight is 374 g/mol. The molecule has 9 heteroatoms. The number of pyridine rings is 1. The number of nitrogens with zero attached hydrogens (tertiary/aromatic N) is 8. The van der Waals surface area contributed by atoms with Crippen molar-refractivity contribution in [1.82, 2.24) is 34.7 Å². The molecule has 1 aromatic carbocycles. The van der Waals surface area contributed by atoms with Gasteiger partial charge in [0.25, 0.3) is 0 Å². The first-order valence-corrected chi connectivity index (χ1v) is 9.25. The van der Waals surface area contributed by atoms with Gasteiger partial charge in [0.05, 0.1) is 35.0 Å². The molecule has 4 aromatic rings.